The van der Waals surface area contributed by atoms with Crippen molar-refractivity contribution in [3.05, 3.63) is 171 Å². The van der Waals surface area contributed by atoms with E-state index in [0.29, 0.717) is 23.3 Å². The summed E-state index contributed by atoms with van der Waals surface area (Å²) in [6.45, 7) is 27.6. The minimum atomic E-state index is -4.41. The van der Waals surface area contributed by atoms with Crippen molar-refractivity contribution in [3.8, 4) is 33.8 Å². The molecule has 0 unspecified atom stereocenters. The molecule has 0 radical (unpaired) electrons. The van der Waals surface area contributed by atoms with Gasteiger partial charge in [-0.1, -0.05) is 94.1 Å². The molecule has 0 atom stereocenters. The molecular formula is C66H76B3BrF10O8. The van der Waals surface area contributed by atoms with Crippen LogP contribution in [0.1, 0.15) is 158 Å². The summed E-state index contributed by atoms with van der Waals surface area (Å²) in [6, 6.07) is 23.5. The number of alkyl halides is 4. The maximum absolute atomic E-state index is 15.0. The van der Waals surface area contributed by atoms with Gasteiger partial charge in [-0.05, 0) is 201 Å². The van der Waals surface area contributed by atoms with E-state index in [0.717, 1.165) is 105 Å². The van der Waals surface area contributed by atoms with Gasteiger partial charge in [-0.15, -0.1) is 0 Å². The second-order valence-corrected chi connectivity index (χ2v) is 26.1. The van der Waals surface area contributed by atoms with Crippen LogP contribution in [0.3, 0.4) is 0 Å². The van der Waals surface area contributed by atoms with Gasteiger partial charge in [0, 0.05) is 17.6 Å². The first kappa shape index (κ1) is 70.1. The molecule has 22 heteroatoms. The molecule has 8 nitrogen and oxygen atoms in total. The molecular weight excluding hydrogens is 1220 g/mol. The quantitative estimate of drug-likeness (QED) is 0.0479. The van der Waals surface area contributed by atoms with Crippen LogP contribution in [0.15, 0.2) is 114 Å². The summed E-state index contributed by atoms with van der Waals surface area (Å²) in [5.41, 5.74) is -2.59. The van der Waals surface area contributed by atoms with Crippen LogP contribution in [-0.2, 0) is 53.0 Å². The molecule has 3 saturated heterocycles. The Balaban J connectivity index is 0.000000201. The van der Waals surface area contributed by atoms with E-state index < -0.39 is 102 Å². The normalized spacial score (nSPS) is 17.9. The van der Waals surface area contributed by atoms with E-state index in [2.05, 4.69) is 39.3 Å². The van der Waals surface area contributed by atoms with Crippen molar-refractivity contribution in [3.63, 3.8) is 0 Å². The standard InChI is InChI=1S/C30H32BF5O3.C24H20BrF5O.C12H24B2O4/c1-6-7-8-9-19-10-12-20(13-11-19)21-16-25(33)27(26(34)17-21)30(35,36)37-22-14-15-23(24(32)18-22)31-38-28(2,3)29(4,5)39-31;1-2-3-4-5-15-6-8-16(9-7-15)17-12-21(27)23(22(28)13-17)24(29,30)31-18-10-11-19(25)20(26)14-18;1-9(2)10(3,4)16-13(15-9)14-17-11(5,6)12(7,8)18-14/h10-18H,6-9H2,1-5H3;6-14H,2-5H2,1H3;1-8H3. The lowest BCUT2D eigenvalue weighted by Crippen LogP contribution is -2.41. The summed E-state index contributed by atoms with van der Waals surface area (Å²) in [4.78, 5) is 0. The molecule has 474 valence electrons. The topological polar surface area (TPSA) is 73.8 Å². The van der Waals surface area contributed by atoms with Crippen LogP contribution in [0.2, 0.25) is 0 Å². The summed E-state index contributed by atoms with van der Waals surface area (Å²) in [5.74, 6) is -8.80. The van der Waals surface area contributed by atoms with Crippen LogP contribution < -0.4 is 14.9 Å². The third-order valence-corrected chi connectivity index (χ3v) is 17.6. The number of hydrogen-bond donors (Lipinski definition) is 0. The van der Waals surface area contributed by atoms with Crippen molar-refractivity contribution >= 4 is 42.5 Å². The Morgan fingerprint density at radius 3 is 1.02 bits per heavy atom. The van der Waals surface area contributed by atoms with Gasteiger partial charge < -0.3 is 37.4 Å². The number of unbranched alkanes of at least 4 members (excludes halogenated alkanes) is 4. The number of hydrogen-bond acceptors (Lipinski definition) is 8. The van der Waals surface area contributed by atoms with Gasteiger partial charge in [-0.2, -0.15) is 17.6 Å². The van der Waals surface area contributed by atoms with Crippen molar-refractivity contribution in [1.82, 2.24) is 0 Å². The molecule has 3 fully saturated rings. The third kappa shape index (κ3) is 16.2. The molecule has 3 aliphatic heterocycles. The summed E-state index contributed by atoms with van der Waals surface area (Å²) >= 11 is 2.89. The van der Waals surface area contributed by atoms with Crippen LogP contribution >= 0.6 is 15.9 Å². The van der Waals surface area contributed by atoms with Crippen LogP contribution in [0.25, 0.3) is 22.3 Å². The molecule has 6 aromatic carbocycles. The highest BCUT2D eigenvalue weighted by Crippen LogP contribution is 2.45. The average Bonchev–Trinajstić information content (AvgIpc) is 2.27. The molecule has 0 N–H and O–H groups in total. The molecule has 0 saturated carbocycles. The summed E-state index contributed by atoms with van der Waals surface area (Å²) in [5, 5.41) is 0. The van der Waals surface area contributed by atoms with Gasteiger partial charge >= 0.3 is 33.4 Å². The molecule has 0 aliphatic carbocycles. The zero-order valence-electron chi connectivity index (χ0n) is 52.2. The fraction of sp³-hybridized carbons (Fsp3) is 0.455. The number of aryl methyl sites for hydroxylation is 2. The molecule has 3 heterocycles. The Kier molecular flexibility index (Phi) is 21.7. The zero-order chi connectivity index (χ0) is 65.2. The van der Waals surface area contributed by atoms with E-state index in [-0.39, 0.29) is 43.5 Å². The predicted molar refractivity (Wildman–Crippen MR) is 327 cm³/mol. The lowest BCUT2D eigenvalue weighted by atomic mass is 9.49. The van der Waals surface area contributed by atoms with Crippen LogP contribution in [0, 0.1) is 34.9 Å². The lowest BCUT2D eigenvalue weighted by molar-refractivity contribution is -0.190. The number of halogens is 11. The molecule has 0 bridgehead atoms. The SMILES string of the molecule is CC1(C)OB(B2OC(C)(C)C(C)(C)O2)OC1(C)C.CCCCCc1ccc(-c2cc(F)c(C(F)(F)Oc3ccc(B4OC(C)(C)C(C)(C)O4)c(F)c3)c(F)c2)cc1.CCCCCc1ccc(-c2cc(F)c(C(F)(F)Oc3ccc(Br)c(F)c3)c(F)c2)cc1. The van der Waals surface area contributed by atoms with E-state index in [1.807, 2.05) is 79.7 Å². The second kappa shape index (κ2) is 27.2. The van der Waals surface area contributed by atoms with Gasteiger partial charge in [0.15, 0.2) is 0 Å². The van der Waals surface area contributed by atoms with Crippen LogP contribution in [0.4, 0.5) is 43.9 Å². The first-order chi connectivity index (χ1) is 40.8. The van der Waals surface area contributed by atoms with Gasteiger partial charge in [0.05, 0.1) is 38.1 Å². The van der Waals surface area contributed by atoms with Gasteiger partial charge in [0.1, 0.15) is 57.5 Å². The number of ether oxygens (including phenoxy) is 2. The molecule has 0 aromatic heterocycles. The maximum Gasteiger partial charge on any atom is 0.497 e. The largest absolute Gasteiger partial charge is 0.497 e. The van der Waals surface area contributed by atoms with Crippen molar-refractivity contribution in [2.75, 3.05) is 0 Å². The molecule has 6 aromatic rings. The number of benzene rings is 6. The van der Waals surface area contributed by atoms with Crippen molar-refractivity contribution < 1.29 is 81.3 Å². The molecule has 0 spiro atoms. The van der Waals surface area contributed by atoms with E-state index >= 15 is 0 Å². The monoisotopic (exact) mass is 1300 g/mol. The smallest absolute Gasteiger partial charge is 0.429 e. The predicted octanol–water partition coefficient (Wildman–Crippen LogP) is 18.6. The van der Waals surface area contributed by atoms with Crippen molar-refractivity contribution in [2.24, 2.45) is 0 Å². The van der Waals surface area contributed by atoms with E-state index in [4.69, 9.17) is 27.9 Å². The third-order valence-electron chi connectivity index (χ3n) is 17.0. The van der Waals surface area contributed by atoms with Gasteiger partial charge in [-0.3, -0.25) is 0 Å². The Labute approximate surface area is 520 Å². The zero-order valence-corrected chi connectivity index (χ0v) is 53.8. The summed E-state index contributed by atoms with van der Waals surface area (Å²) < 4.78 is 191. The van der Waals surface area contributed by atoms with Crippen LogP contribution in [0.5, 0.6) is 11.5 Å². The number of rotatable bonds is 18. The Morgan fingerprint density at radius 2 is 0.705 bits per heavy atom. The van der Waals surface area contributed by atoms with E-state index in [1.165, 1.54) is 6.07 Å². The summed E-state index contributed by atoms with van der Waals surface area (Å²) in [7, 11) is -2.01. The fourth-order valence-corrected chi connectivity index (χ4v) is 9.84. The highest BCUT2D eigenvalue weighted by Gasteiger charge is 2.64. The maximum atomic E-state index is 15.0. The Bertz CT molecular complexity index is 3260. The van der Waals surface area contributed by atoms with Gasteiger partial charge in [0.2, 0.25) is 0 Å². The first-order valence-corrected chi connectivity index (χ1v) is 30.2. The fourth-order valence-electron chi connectivity index (χ4n) is 9.59. The minimum absolute atomic E-state index is 0.0117. The van der Waals surface area contributed by atoms with Crippen molar-refractivity contribution in [1.29, 1.82) is 0 Å². The van der Waals surface area contributed by atoms with Crippen molar-refractivity contribution in [2.45, 2.75) is 194 Å². The molecule has 9 rings (SSSR count). The van der Waals surface area contributed by atoms with Gasteiger partial charge in [0.25, 0.3) is 0 Å². The summed E-state index contributed by atoms with van der Waals surface area (Å²) in [6.07, 6.45) is -0.459. The second-order valence-electron chi connectivity index (χ2n) is 25.3. The highest BCUT2D eigenvalue weighted by atomic mass is 79.9. The lowest BCUT2D eigenvalue weighted by Gasteiger charge is -2.32. The van der Waals surface area contributed by atoms with E-state index in [9.17, 15) is 43.9 Å². The molecule has 0 amide bonds. The van der Waals surface area contributed by atoms with Gasteiger partial charge in [-0.25, -0.2) is 26.3 Å². The van der Waals surface area contributed by atoms with E-state index in [1.54, 1.807) is 52.0 Å². The van der Waals surface area contributed by atoms with Crippen LogP contribution in [-0.4, -0.2) is 54.7 Å². The Morgan fingerprint density at radius 1 is 0.386 bits per heavy atom. The highest BCUT2D eigenvalue weighted by molar-refractivity contribution is 9.10. The molecule has 88 heavy (non-hydrogen) atoms. The Hall–Kier alpha value is -5.35. The average molecular weight is 1300 g/mol. The minimum Gasteiger partial charge on any atom is -0.429 e. The first-order valence-electron chi connectivity index (χ1n) is 29.5. The molecule has 3 aliphatic rings.